The molecule has 2 nitrogen and oxygen atoms in total. The molecule has 76 valence electrons. The number of allylic oxidation sites excluding steroid dienone is 1. The summed E-state index contributed by atoms with van der Waals surface area (Å²) in [4.78, 5) is 11.2. The van der Waals surface area contributed by atoms with Gasteiger partial charge >= 0.3 is 0 Å². The maximum atomic E-state index is 11.2. The van der Waals surface area contributed by atoms with Gasteiger partial charge in [0.2, 0.25) is 0 Å². The van der Waals surface area contributed by atoms with Gasteiger partial charge in [0.25, 0.3) is 0 Å². The van der Waals surface area contributed by atoms with Crippen LogP contribution in [0.5, 0.6) is 0 Å². The van der Waals surface area contributed by atoms with E-state index in [0.29, 0.717) is 17.9 Å². The highest BCUT2D eigenvalue weighted by molar-refractivity contribution is 5.93. The van der Waals surface area contributed by atoms with Crippen molar-refractivity contribution in [3.05, 3.63) is 12.2 Å². The number of Topliss-reactive ketones (excluding diaryl/α,β-unsaturated/α-hetero) is 1. The standard InChI is InChI=1S/C11H21NO/c1-9(2)11(13)7-6-10(3)5-4-8-12/h10H,1,4-8,12H2,2-3H3. The second-order valence-electron chi connectivity index (χ2n) is 3.78. The molecule has 0 amide bonds. The fourth-order valence-electron chi connectivity index (χ4n) is 1.20. The second-order valence-corrected chi connectivity index (χ2v) is 3.78. The van der Waals surface area contributed by atoms with Crippen molar-refractivity contribution in [1.82, 2.24) is 0 Å². The van der Waals surface area contributed by atoms with Gasteiger partial charge in [-0.2, -0.15) is 0 Å². The van der Waals surface area contributed by atoms with E-state index < -0.39 is 0 Å². The minimum absolute atomic E-state index is 0.194. The Kier molecular flexibility index (Phi) is 6.51. The molecule has 0 spiro atoms. The zero-order valence-corrected chi connectivity index (χ0v) is 8.81. The third-order valence-corrected chi connectivity index (χ3v) is 2.24. The molecule has 0 aromatic heterocycles. The molecule has 1 atom stereocenters. The Labute approximate surface area is 81.2 Å². The van der Waals surface area contributed by atoms with Gasteiger partial charge < -0.3 is 5.73 Å². The van der Waals surface area contributed by atoms with Crippen molar-refractivity contribution in [1.29, 1.82) is 0 Å². The lowest BCUT2D eigenvalue weighted by Crippen LogP contribution is -2.05. The topological polar surface area (TPSA) is 43.1 Å². The molecule has 0 radical (unpaired) electrons. The molecule has 2 heteroatoms. The molecule has 0 fully saturated rings. The predicted octanol–water partition coefficient (Wildman–Crippen LogP) is 2.29. The summed E-state index contributed by atoms with van der Waals surface area (Å²) in [7, 11) is 0. The van der Waals surface area contributed by atoms with Crippen LogP contribution in [0.25, 0.3) is 0 Å². The summed E-state index contributed by atoms with van der Waals surface area (Å²) in [5.41, 5.74) is 6.07. The van der Waals surface area contributed by atoms with E-state index in [-0.39, 0.29) is 5.78 Å². The Morgan fingerprint density at radius 1 is 1.46 bits per heavy atom. The first-order valence-electron chi connectivity index (χ1n) is 4.96. The Morgan fingerprint density at radius 2 is 2.08 bits per heavy atom. The van der Waals surface area contributed by atoms with Crippen LogP contribution >= 0.6 is 0 Å². The number of rotatable bonds is 7. The Morgan fingerprint density at radius 3 is 2.54 bits per heavy atom. The van der Waals surface area contributed by atoms with Gasteiger partial charge in [-0.15, -0.1) is 0 Å². The fraction of sp³-hybridized carbons (Fsp3) is 0.727. The number of carbonyl (C=O) groups is 1. The van der Waals surface area contributed by atoms with E-state index in [4.69, 9.17) is 5.73 Å². The number of nitrogens with two attached hydrogens (primary N) is 1. The summed E-state index contributed by atoms with van der Waals surface area (Å²) in [6, 6.07) is 0. The molecule has 0 saturated heterocycles. The van der Waals surface area contributed by atoms with E-state index in [1.807, 2.05) is 0 Å². The summed E-state index contributed by atoms with van der Waals surface area (Å²) in [6.45, 7) is 8.31. The molecule has 0 aliphatic heterocycles. The normalized spacial score (nSPS) is 12.5. The van der Waals surface area contributed by atoms with Crippen LogP contribution in [0.1, 0.15) is 39.5 Å². The van der Waals surface area contributed by atoms with Crippen molar-refractivity contribution in [2.45, 2.75) is 39.5 Å². The Hall–Kier alpha value is -0.630. The van der Waals surface area contributed by atoms with Crippen molar-refractivity contribution in [3.8, 4) is 0 Å². The van der Waals surface area contributed by atoms with Gasteiger partial charge in [0, 0.05) is 6.42 Å². The molecule has 13 heavy (non-hydrogen) atoms. The van der Waals surface area contributed by atoms with Gasteiger partial charge in [-0.3, -0.25) is 4.79 Å². The van der Waals surface area contributed by atoms with Crippen LogP contribution in [0.3, 0.4) is 0 Å². The molecule has 0 bridgehead atoms. The van der Waals surface area contributed by atoms with E-state index in [2.05, 4.69) is 13.5 Å². The predicted molar refractivity (Wildman–Crippen MR) is 56.5 cm³/mol. The van der Waals surface area contributed by atoms with E-state index in [1.165, 1.54) is 0 Å². The highest BCUT2D eigenvalue weighted by atomic mass is 16.1. The molecular weight excluding hydrogens is 162 g/mol. The molecule has 0 rings (SSSR count). The number of hydrogen-bond donors (Lipinski definition) is 1. The van der Waals surface area contributed by atoms with Crippen LogP contribution in [0.15, 0.2) is 12.2 Å². The monoisotopic (exact) mass is 183 g/mol. The van der Waals surface area contributed by atoms with Gasteiger partial charge in [0.15, 0.2) is 5.78 Å². The number of carbonyl (C=O) groups excluding carboxylic acids is 1. The van der Waals surface area contributed by atoms with Crippen LogP contribution in [-0.2, 0) is 4.79 Å². The highest BCUT2D eigenvalue weighted by Gasteiger charge is 2.06. The van der Waals surface area contributed by atoms with E-state index >= 15 is 0 Å². The Balaban J connectivity index is 3.51. The number of ketones is 1. The third-order valence-electron chi connectivity index (χ3n) is 2.24. The van der Waals surface area contributed by atoms with Crippen LogP contribution in [0, 0.1) is 5.92 Å². The minimum Gasteiger partial charge on any atom is -0.330 e. The van der Waals surface area contributed by atoms with Crippen LogP contribution in [0.4, 0.5) is 0 Å². The first-order valence-corrected chi connectivity index (χ1v) is 4.96. The van der Waals surface area contributed by atoms with Crippen LogP contribution in [-0.4, -0.2) is 12.3 Å². The molecule has 0 heterocycles. The van der Waals surface area contributed by atoms with Crippen LogP contribution in [0.2, 0.25) is 0 Å². The Bertz CT molecular complexity index is 175. The number of hydrogen-bond acceptors (Lipinski definition) is 2. The van der Waals surface area contributed by atoms with Crippen molar-refractivity contribution in [3.63, 3.8) is 0 Å². The van der Waals surface area contributed by atoms with Gasteiger partial charge in [-0.05, 0) is 44.2 Å². The van der Waals surface area contributed by atoms with Crippen molar-refractivity contribution in [2.75, 3.05) is 6.54 Å². The molecule has 0 aromatic carbocycles. The van der Waals surface area contributed by atoms with E-state index in [9.17, 15) is 4.79 Å². The SMILES string of the molecule is C=C(C)C(=O)CCC(C)CCCN. The molecule has 2 N–H and O–H groups in total. The lowest BCUT2D eigenvalue weighted by Gasteiger charge is -2.09. The quantitative estimate of drug-likeness (QED) is 0.615. The molecule has 1 unspecified atom stereocenters. The largest absolute Gasteiger partial charge is 0.330 e. The maximum Gasteiger partial charge on any atom is 0.157 e. The average Bonchev–Trinajstić information content (AvgIpc) is 2.10. The zero-order valence-electron chi connectivity index (χ0n) is 8.81. The average molecular weight is 183 g/mol. The van der Waals surface area contributed by atoms with Gasteiger partial charge in [-0.25, -0.2) is 0 Å². The van der Waals surface area contributed by atoms with Crippen molar-refractivity contribution < 1.29 is 4.79 Å². The first kappa shape index (κ1) is 12.4. The summed E-state index contributed by atoms with van der Waals surface area (Å²) in [5.74, 6) is 0.798. The van der Waals surface area contributed by atoms with Gasteiger partial charge in [-0.1, -0.05) is 13.5 Å². The van der Waals surface area contributed by atoms with Gasteiger partial charge in [0.1, 0.15) is 0 Å². The van der Waals surface area contributed by atoms with Crippen molar-refractivity contribution in [2.24, 2.45) is 11.7 Å². The summed E-state index contributed by atoms with van der Waals surface area (Å²) in [5, 5.41) is 0. The first-order chi connectivity index (χ1) is 6.07. The van der Waals surface area contributed by atoms with E-state index in [1.54, 1.807) is 6.92 Å². The van der Waals surface area contributed by atoms with Crippen LogP contribution < -0.4 is 5.73 Å². The minimum atomic E-state index is 0.194. The lowest BCUT2D eigenvalue weighted by molar-refractivity contribution is -0.115. The molecule has 0 aliphatic rings. The molecule has 0 saturated carbocycles. The maximum absolute atomic E-state index is 11.2. The lowest BCUT2D eigenvalue weighted by atomic mass is 9.97. The fourth-order valence-corrected chi connectivity index (χ4v) is 1.20. The van der Waals surface area contributed by atoms with E-state index in [0.717, 1.165) is 25.8 Å². The summed E-state index contributed by atoms with van der Waals surface area (Å²) < 4.78 is 0. The van der Waals surface area contributed by atoms with Gasteiger partial charge in [0.05, 0.1) is 0 Å². The molecular formula is C11H21NO. The third kappa shape index (κ3) is 6.52. The highest BCUT2D eigenvalue weighted by Crippen LogP contribution is 2.13. The summed E-state index contributed by atoms with van der Waals surface area (Å²) >= 11 is 0. The smallest absolute Gasteiger partial charge is 0.157 e. The summed E-state index contributed by atoms with van der Waals surface area (Å²) in [6.07, 6.45) is 3.79. The molecule has 0 aliphatic carbocycles. The second kappa shape index (κ2) is 6.84. The molecule has 0 aromatic rings. The zero-order chi connectivity index (χ0) is 10.3. The van der Waals surface area contributed by atoms with Crippen molar-refractivity contribution >= 4 is 5.78 Å².